The Bertz CT molecular complexity index is 569. The van der Waals surface area contributed by atoms with Crippen molar-refractivity contribution in [1.82, 2.24) is 4.31 Å². The lowest BCUT2D eigenvalue weighted by atomic mass is 10.2. The van der Waals surface area contributed by atoms with E-state index in [1.54, 1.807) is 26.0 Å². The molecule has 0 aliphatic heterocycles. The molecule has 0 aliphatic rings. The summed E-state index contributed by atoms with van der Waals surface area (Å²) in [5.41, 5.74) is 1.34. The van der Waals surface area contributed by atoms with Crippen molar-refractivity contribution < 1.29 is 13.5 Å². The zero-order chi connectivity index (χ0) is 14.6. The topological polar surface area (TPSA) is 57.6 Å². The lowest BCUT2D eigenvalue weighted by molar-refractivity contribution is 0.281. The second-order valence-corrected chi connectivity index (χ2v) is 7.07. The summed E-state index contributed by atoms with van der Waals surface area (Å²) in [4.78, 5) is 0.169. The van der Waals surface area contributed by atoms with Gasteiger partial charge in [-0.3, -0.25) is 0 Å². The van der Waals surface area contributed by atoms with Crippen LogP contribution in [0.5, 0.6) is 0 Å². The summed E-state index contributed by atoms with van der Waals surface area (Å²) in [6, 6.07) is 4.80. The summed E-state index contributed by atoms with van der Waals surface area (Å²) in [6.07, 6.45) is 0. The maximum Gasteiger partial charge on any atom is 0.244 e. The van der Waals surface area contributed by atoms with Crippen molar-refractivity contribution in [3.63, 3.8) is 0 Å². The molecule has 1 aromatic rings. The molecule has 0 aromatic heterocycles. The van der Waals surface area contributed by atoms with Gasteiger partial charge in [0.15, 0.2) is 0 Å². The summed E-state index contributed by atoms with van der Waals surface area (Å²) >= 11 is 3.25. The normalized spacial score (nSPS) is 11.8. The van der Waals surface area contributed by atoms with Crippen molar-refractivity contribution >= 4 is 26.0 Å². The molecule has 1 N–H and O–H groups in total. The minimum absolute atomic E-state index is 0.169. The number of hydrogen-bond donors (Lipinski definition) is 1. The van der Waals surface area contributed by atoms with Gasteiger partial charge in [-0.25, -0.2) is 8.42 Å². The van der Waals surface area contributed by atoms with Crippen LogP contribution in [0, 0.1) is 0 Å². The lowest BCUT2D eigenvalue weighted by Gasteiger charge is -2.21. The maximum atomic E-state index is 12.6. The Morgan fingerprint density at radius 3 is 2.58 bits per heavy atom. The first-order valence-electron chi connectivity index (χ1n) is 5.86. The molecule has 6 heteroatoms. The van der Waals surface area contributed by atoms with E-state index in [4.69, 9.17) is 5.11 Å². The standard InChI is InChI=1S/C13H18BrNO3S/c1-4-15(8-10(2)3)19(17,18)13-7-11(9-16)5-6-12(13)14/h5-7,16H,2,4,8-9H2,1,3H3. The fraction of sp³-hybridized carbons (Fsp3) is 0.385. The fourth-order valence-electron chi connectivity index (χ4n) is 1.65. The van der Waals surface area contributed by atoms with Crippen LogP contribution in [0.3, 0.4) is 0 Å². The summed E-state index contributed by atoms with van der Waals surface area (Å²) in [7, 11) is -3.59. The average Bonchev–Trinajstić information content (AvgIpc) is 2.35. The largest absolute Gasteiger partial charge is 0.392 e. The number of hydrogen-bond acceptors (Lipinski definition) is 3. The fourth-order valence-corrected chi connectivity index (χ4v) is 4.13. The van der Waals surface area contributed by atoms with Crippen molar-refractivity contribution in [2.45, 2.75) is 25.3 Å². The molecule has 0 saturated heterocycles. The Labute approximate surface area is 122 Å². The van der Waals surface area contributed by atoms with Crippen LogP contribution in [0.15, 0.2) is 39.7 Å². The van der Waals surface area contributed by atoms with Gasteiger partial charge in [-0.1, -0.05) is 25.1 Å². The predicted octanol–water partition coefficient (Wildman–Crippen LogP) is 2.53. The Morgan fingerprint density at radius 2 is 2.11 bits per heavy atom. The van der Waals surface area contributed by atoms with Gasteiger partial charge in [0, 0.05) is 17.6 Å². The molecule has 0 radical (unpaired) electrons. The lowest BCUT2D eigenvalue weighted by Crippen LogP contribution is -2.32. The molecule has 0 fully saturated rings. The minimum atomic E-state index is -3.59. The zero-order valence-corrected chi connectivity index (χ0v) is 13.5. The number of aliphatic hydroxyl groups is 1. The Hall–Kier alpha value is -0.690. The molecule has 4 nitrogen and oxygen atoms in total. The summed E-state index contributed by atoms with van der Waals surface area (Å²) < 4.78 is 27.0. The van der Waals surface area contributed by atoms with E-state index in [1.807, 2.05) is 0 Å². The Kier molecular flexibility index (Phi) is 5.73. The first-order valence-corrected chi connectivity index (χ1v) is 8.10. The SMILES string of the molecule is C=C(C)CN(CC)S(=O)(=O)c1cc(CO)ccc1Br. The van der Waals surface area contributed by atoms with E-state index in [-0.39, 0.29) is 18.0 Å². The van der Waals surface area contributed by atoms with Crippen LogP contribution in [0.1, 0.15) is 19.4 Å². The summed E-state index contributed by atoms with van der Waals surface area (Å²) in [5, 5.41) is 9.12. The van der Waals surface area contributed by atoms with Crippen LogP contribution >= 0.6 is 15.9 Å². The van der Waals surface area contributed by atoms with Gasteiger partial charge in [0.05, 0.1) is 11.5 Å². The third kappa shape index (κ3) is 3.89. The Morgan fingerprint density at radius 1 is 1.47 bits per heavy atom. The van der Waals surface area contributed by atoms with Crippen LogP contribution < -0.4 is 0 Å². The van der Waals surface area contributed by atoms with Crippen LogP contribution in [0.25, 0.3) is 0 Å². The molecule has 0 bridgehead atoms. The second kappa shape index (κ2) is 6.65. The molecule has 0 unspecified atom stereocenters. The van der Waals surface area contributed by atoms with E-state index >= 15 is 0 Å². The number of sulfonamides is 1. The van der Waals surface area contributed by atoms with Crippen LogP contribution in [0.4, 0.5) is 0 Å². The van der Waals surface area contributed by atoms with Crippen LogP contribution in [-0.4, -0.2) is 30.9 Å². The highest BCUT2D eigenvalue weighted by Crippen LogP contribution is 2.26. The molecule has 0 aliphatic carbocycles. The highest BCUT2D eigenvalue weighted by atomic mass is 79.9. The molecule has 0 heterocycles. The van der Waals surface area contributed by atoms with Crippen molar-refractivity contribution in [3.05, 3.63) is 40.4 Å². The highest BCUT2D eigenvalue weighted by Gasteiger charge is 2.25. The number of halogens is 1. The van der Waals surface area contributed by atoms with E-state index < -0.39 is 10.0 Å². The van der Waals surface area contributed by atoms with Gasteiger partial charge in [-0.2, -0.15) is 4.31 Å². The van der Waals surface area contributed by atoms with E-state index in [0.717, 1.165) is 5.57 Å². The zero-order valence-electron chi connectivity index (χ0n) is 11.1. The molecule has 19 heavy (non-hydrogen) atoms. The van der Waals surface area contributed by atoms with E-state index in [0.29, 0.717) is 16.6 Å². The van der Waals surface area contributed by atoms with Gasteiger partial charge >= 0.3 is 0 Å². The van der Waals surface area contributed by atoms with Gasteiger partial charge in [-0.05, 0) is 40.5 Å². The molecule has 106 valence electrons. The van der Waals surface area contributed by atoms with Gasteiger partial charge in [0.25, 0.3) is 0 Å². The van der Waals surface area contributed by atoms with Crippen LogP contribution in [0.2, 0.25) is 0 Å². The summed E-state index contributed by atoms with van der Waals surface area (Å²) in [5.74, 6) is 0. The first kappa shape index (κ1) is 16.4. The third-order valence-corrected chi connectivity index (χ3v) is 5.51. The predicted molar refractivity (Wildman–Crippen MR) is 79.3 cm³/mol. The van der Waals surface area contributed by atoms with Crippen molar-refractivity contribution in [1.29, 1.82) is 0 Å². The smallest absolute Gasteiger partial charge is 0.244 e. The molecule has 1 aromatic carbocycles. The van der Waals surface area contributed by atoms with E-state index in [1.165, 1.54) is 10.4 Å². The number of benzene rings is 1. The average molecular weight is 348 g/mol. The number of rotatable bonds is 6. The number of aliphatic hydroxyl groups excluding tert-OH is 1. The molecule has 0 spiro atoms. The second-order valence-electron chi connectivity index (χ2n) is 4.31. The molecule has 0 saturated carbocycles. The molecule has 0 amide bonds. The molecular formula is C13H18BrNO3S. The molecular weight excluding hydrogens is 330 g/mol. The van der Waals surface area contributed by atoms with E-state index in [2.05, 4.69) is 22.5 Å². The maximum absolute atomic E-state index is 12.6. The molecule has 0 atom stereocenters. The summed E-state index contributed by atoms with van der Waals surface area (Å²) in [6.45, 7) is 7.78. The van der Waals surface area contributed by atoms with Crippen molar-refractivity contribution in [2.75, 3.05) is 13.1 Å². The number of nitrogens with zero attached hydrogens (tertiary/aromatic N) is 1. The van der Waals surface area contributed by atoms with Gasteiger partial charge in [0.1, 0.15) is 0 Å². The highest BCUT2D eigenvalue weighted by molar-refractivity contribution is 9.10. The quantitative estimate of drug-likeness (QED) is 0.804. The van der Waals surface area contributed by atoms with Crippen molar-refractivity contribution in [2.24, 2.45) is 0 Å². The first-order chi connectivity index (χ1) is 8.82. The van der Waals surface area contributed by atoms with Gasteiger partial charge in [-0.15, -0.1) is 0 Å². The van der Waals surface area contributed by atoms with Gasteiger partial charge < -0.3 is 5.11 Å². The minimum Gasteiger partial charge on any atom is -0.392 e. The monoisotopic (exact) mass is 347 g/mol. The van der Waals surface area contributed by atoms with Crippen LogP contribution in [-0.2, 0) is 16.6 Å². The number of likely N-dealkylation sites (N-methyl/N-ethyl adjacent to an activating group) is 1. The van der Waals surface area contributed by atoms with Crippen molar-refractivity contribution in [3.8, 4) is 0 Å². The van der Waals surface area contributed by atoms with E-state index in [9.17, 15) is 8.42 Å². The Balaban J connectivity index is 3.28. The third-order valence-electron chi connectivity index (χ3n) is 2.59. The molecule has 1 rings (SSSR count). The van der Waals surface area contributed by atoms with Gasteiger partial charge in [0.2, 0.25) is 10.0 Å².